The van der Waals surface area contributed by atoms with Crippen molar-refractivity contribution in [1.29, 1.82) is 0 Å². The summed E-state index contributed by atoms with van der Waals surface area (Å²) in [5, 5.41) is 0.395. The Morgan fingerprint density at radius 3 is 2.75 bits per heavy atom. The largest absolute Gasteiger partial charge is 0.490 e. The molecule has 2 aliphatic carbocycles. The van der Waals surface area contributed by atoms with Gasteiger partial charge in [0.2, 0.25) is 0 Å². The zero-order chi connectivity index (χ0) is 33.8. The summed E-state index contributed by atoms with van der Waals surface area (Å²) in [5.74, 6) is 5.73. The molecule has 1 saturated carbocycles. The van der Waals surface area contributed by atoms with Crippen LogP contribution in [-0.4, -0.2) is 57.6 Å². The second-order valence-electron chi connectivity index (χ2n) is 14.6. The van der Waals surface area contributed by atoms with Gasteiger partial charge in [-0.1, -0.05) is 30.7 Å². The number of hydrogen-bond acceptors (Lipinski definition) is 6. The summed E-state index contributed by atoms with van der Waals surface area (Å²) in [6.07, 6.45) is 13.9. The lowest BCUT2D eigenvalue weighted by molar-refractivity contribution is -0.0874. The number of carbonyl (C=O) groups is 1. The van der Waals surface area contributed by atoms with E-state index in [4.69, 9.17) is 26.1 Å². The van der Waals surface area contributed by atoms with E-state index in [2.05, 4.69) is 51.3 Å². The highest BCUT2D eigenvalue weighted by Gasteiger charge is 2.51. The van der Waals surface area contributed by atoms with Gasteiger partial charge in [0.15, 0.2) is 0 Å². The van der Waals surface area contributed by atoms with E-state index in [1.807, 2.05) is 44.6 Å². The average molecular weight is 691 g/mol. The summed E-state index contributed by atoms with van der Waals surface area (Å²) in [6.45, 7) is 6.00. The Morgan fingerprint density at radius 1 is 1.19 bits per heavy atom. The number of rotatable bonds is 2. The molecule has 2 aliphatic heterocycles. The van der Waals surface area contributed by atoms with Crippen LogP contribution in [0.5, 0.6) is 5.75 Å². The number of imidazole rings is 1. The molecule has 256 valence electrons. The monoisotopic (exact) mass is 690 g/mol. The van der Waals surface area contributed by atoms with E-state index >= 15 is 0 Å². The SMILES string of the molecule is C=S1(=O)NC(=O)c2ccc3c(c2)N(C[C@@H]2CC[C@H]2[C@](OC)(c2nccn2C)/C=C/C[C@H](C)[C@H]1C)C[C@@]1(CCCc2cc(Cl)ccc21)CO3. The lowest BCUT2D eigenvalue weighted by Gasteiger charge is -2.50. The van der Waals surface area contributed by atoms with Crippen molar-refractivity contribution < 1.29 is 18.5 Å². The molecule has 0 saturated heterocycles. The van der Waals surface area contributed by atoms with Crippen LogP contribution in [-0.2, 0) is 38.9 Å². The smallest absolute Gasteiger partial charge is 0.262 e. The normalized spacial score (nSPS) is 34.2. The lowest BCUT2D eigenvalue weighted by atomic mass is 9.63. The molecule has 8 nitrogen and oxygen atoms in total. The van der Waals surface area contributed by atoms with Crippen molar-refractivity contribution >= 4 is 38.8 Å². The van der Waals surface area contributed by atoms with Crippen LogP contribution < -0.4 is 14.4 Å². The van der Waals surface area contributed by atoms with E-state index in [9.17, 15) is 9.00 Å². The Morgan fingerprint density at radius 2 is 2.02 bits per heavy atom. The van der Waals surface area contributed by atoms with Gasteiger partial charge in [-0.3, -0.25) is 9.52 Å². The standard InChI is InChI=1S/C38H47ClN4O4S/c1-25-8-6-17-38(46-4,36-40-18-19-42(36)3)32-13-10-29(32)22-43-23-37(16-7-9-27-20-30(39)12-14-31(27)37)24-47-34-15-11-28(21-33(34)43)35(44)41-48(5,45)26(25)2/h6,11-12,14-15,17-21,25-26,29,32H,5,7-10,13,16,22-24H2,1-4H3,(H,41,44,45)/b17-6+/t25-,26+,29-,32+,37-,38-,48?/m0/s1. The molecule has 7 rings (SSSR count). The van der Waals surface area contributed by atoms with Crippen molar-refractivity contribution in [2.45, 2.75) is 68.6 Å². The van der Waals surface area contributed by atoms with Gasteiger partial charge in [-0.15, -0.1) is 0 Å². The first-order valence-corrected chi connectivity index (χ1v) is 19.3. The van der Waals surface area contributed by atoms with Crippen LogP contribution in [0.15, 0.2) is 60.9 Å². The molecule has 4 aliphatic rings. The number of allylic oxidation sites excluding steroid dienone is 1. The second kappa shape index (κ2) is 12.6. The fourth-order valence-electron chi connectivity index (χ4n) is 8.64. The number of methoxy groups -OCH3 is 1. The zero-order valence-electron chi connectivity index (χ0n) is 28.4. The summed E-state index contributed by atoms with van der Waals surface area (Å²) < 4.78 is 32.1. The van der Waals surface area contributed by atoms with Crippen LogP contribution in [0.4, 0.5) is 5.69 Å². The Bertz CT molecular complexity index is 1860. The van der Waals surface area contributed by atoms with E-state index in [0.29, 0.717) is 24.5 Å². The first kappa shape index (κ1) is 33.2. The van der Waals surface area contributed by atoms with Gasteiger partial charge in [0.05, 0.1) is 22.0 Å². The Hall–Kier alpha value is -3.27. The number of nitrogens with one attached hydrogen (secondary N) is 1. The number of halogens is 1. The molecule has 2 bridgehead atoms. The van der Waals surface area contributed by atoms with E-state index in [1.165, 1.54) is 11.1 Å². The van der Waals surface area contributed by atoms with E-state index in [-0.39, 0.29) is 28.4 Å². The van der Waals surface area contributed by atoms with Crippen molar-refractivity contribution in [2.75, 3.05) is 31.7 Å². The minimum Gasteiger partial charge on any atom is -0.490 e. The third kappa shape index (κ3) is 5.65. The number of hydrogen-bond donors (Lipinski definition) is 1. The Labute approximate surface area is 290 Å². The molecule has 1 unspecified atom stereocenters. The maximum Gasteiger partial charge on any atom is 0.262 e. The quantitative estimate of drug-likeness (QED) is 0.246. The van der Waals surface area contributed by atoms with E-state index < -0.39 is 15.3 Å². The molecule has 48 heavy (non-hydrogen) atoms. The van der Waals surface area contributed by atoms with Crippen LogP contribution in [0.25, 0.3) is 0 Å². The van der Waals surface area contributed by atoms with Gasteiger partial charge in [0, 0.05) is 66.8 Å². The molecule has 2 aromatic carbocycles. The van der Waals surface area contributed by atoms with Gasteiger partial charge in [0.25, 0.3) is 5.91 Å². The first-order chi connectivity index (χ1) is 23.0. The highest BCUT2D eigenvalue weighted by molar-refractivity contribution is 7.99. The summed E-state index contributed by atoms with van der Waals surface area (Å²) in [7, 11) is 0.846. The average Bonchev–Trinajstić information content (AvgIpc) is 3.42. The highest BCUT2D eigenvalue weighted by atomic mass is 35.5. The van der Waals surface area contributed by atoms with Crippen molar-refractivity contribution in [2.24, 2.45) is 24.8 Å². The van der Waals surface area contributed by atoms with Gasteiger partial charge >= 0.3 is 0 Å². The number of aromatic nitrogens is 2. The predicted octanol–water partition coefficient (Wildman–Crippen LogP) is 6.46. The topological polar surface area (TPSA) is 85.7 Å². The number of aryl methyl sites for hydroxylation is 2. The molecule has 10 heteroatoms. The van der Waals surface area contributed by atoms with Crippen molar-refractivity contribution in [3.63, 3.8) is 0 Å². The third-order valence-electron chi connectivity index (χ3n) is 11.8. The number of anilines is 1. The molecule has 1 spiro atoms. The lowest BCUT2D eigenvalue weighted by Crippen LogP contribution is -2.52. The van der Waals surface area contributed by atoms with Crippen molar-refractivity contribution in [1.82, 2.24) is 14.3 Å². The predicted molar refractivity (Wildman–Crippen MR) is 193 cm³/mol. The molecule has 1 amide bonds. The van der Waals surface area contributed by atoms with Crippen LogP contribution >= 0.6 is 11.6 Å². The van der Waals surface area contributed by atoms with Crippen LogP contribution in [0.1, 0.15) is 73.3 Å². The summed E-state index contributed by atoms with van der Waals surface area (Å²) >= 11 is 6.48. The molecule has 0 radical (unpaired) electrons. The molecule has 1 aromatic heterocycles. The maximum absolute atomic E-state index is 13.9. The van der Waals surface area contributed by atoms with Gasteiger partial charge < -0.3 is 18.9 Å². The zero-order valence-corrected chi connectivity index (χ0v) is 30.0. The Kier molecular flexibility index (Phi) is 8.70. The highest BCUT2D eigenvalue weighted by Crippen LogP contribution is 2.51. The van der Waals surface area contributed by atoms with Crippen molar-refractivity contribution in [3.8, 4) is 5.75 Å². The Balaban J connectivity index is 1.36. The van der Waals surface area contributed by atoms with Crippen LogP contribution in [0, 0.1) is 17.8 Å². The number of benzene rings is 2. The fraction of sp³-hybridized carbons (Fsp3) is 0.500. The molecule has 7 atom stereocenters. The van der Waals surface area contributed by atoms with Crippen LogP contribution in [0.2, 0.25) is 5.02 Å². The minimum absolute atomic E-state index is 0.00653. The number of nitrogens with zero attached hydrogens (tertiary/aromatic N) is 3. The van der Waals surface area contributed by atoms with Gasteiger partial charge in [0.1, 0.15) is 17.2 Å². The molecular weight excluding hydrogens is 644 g/mol. The number of amides is 1. The van der Waals surface area contributed by atoms with E-state index in [1.54, 1.807) is 13.2 Å². The molecular formula is C38H47ClN4O4S. The van der Waals surface area contributed by atoms with Crippen LogP contribution in [0.3, 0.4) is 0 Å². The molecule has 3 heterocycles. The molecule has 1 fully saturated rings. The van der Waals surface area contributed by atoms with Crippen molar-refractivity contribution in [3.05, 3.63) is 88.5 Å². The first-order valence-electron chi connectivity index (χ1n) is 17.2. The van der Waals surface area contributed by atoms with Gasteiger partial charge in [-0.2, -0.15) is 0 Å². The number of carbonyl (C=O) groups excluding carboxylic acids is 1. The maximum atomic E-state index is 13.9. The summed E-state index contributed by atoms with van der Waals surface area (Å²) in [4.78, 5) is 21.0. The summed E-state index contributed by atoms with van der Waals surface area (Å²) in [6, 6.07) is 11.9. The third-order valence-corrected chi connectivity index (χ3v) is 14.2. The second-order valence-corrected chi connectivity index (χ2v) is 17.4. The number of fused-ring (bicyclic) bond motifs is 4. The molecule has 3 aromatic rings. The molecule has 1 N–H and O–H groups in total. The minimum atomic E-state index is -2.97. The van der Waals surface area contributed by atoms with E-state index in [0.717, 1.165) is 67.5 Å². The number of ether oxygens (including phenoxy) is 2. The van der Waals surface area contributed by atoms with Gasteiger partial charge in [-0.05, 0) is 111 Å². The summed E-state index contributed by atoms with van der Waals surface area (Å²) in [5.41, 5.74) is 2.92. The van der Waals surface area contributed by atoms with Gasteiger partial charge in [-0.25, -0.2) is 9.19 Å². The fourth-order valence-corrected chi connectivity index (χ4v) is 10.3.